The lowest BCUT2D eigenvalue weighted by atomic mass is 9.89. The van der Waals surface area contributed by atoms with E-state index >= 15 is 8.78 Å². The van der Waals surface area contributed by atoms with Gasteiger partial charge in [-0.25, -0.2) is 26.8 Å². The molecule has 1 aliphatic heterocycles. The number of aromatic carboxylic acids is 1. The van der Waals surface area contributed by atoms with Crippen LogP contribution in [0, 0.1) is 11.6 Å². The number of aromatic amines is 1. The summed E-state index contributed by atoms with van der Waals surface area (Å²) in [5.74, 6) is -5.63. The molecule has 4 N–H and O–H groups in total. The van der Waals surface area contributed by atoms with E-state index < -0.39 is 56.5 Å². The summed E-state index contributed by atoms with van der Waals surface area (Å²) in [5, 5.41) is 21.0. The van der Waals surface area contributed by atoms with Crippen LogP contribution in [0.1, 0.15) is 66.9 Å². The average Bonchev–Trinajstić information content (AvgIpc) is 3.76. The summed E-state index contributed by atoms with van der Waals surface area (Å²) in [6, 6.07) is 27.1. The Morgan fingerprint density at radius 2 is 1.51 bits per heavy atom. The number of sulfonamides is 1. The topological polar surface area (TPSA) is 223 Å². The normalized spacial score (nSPS) is 11.6. The van der Waals surface area contributed by atoms with Crippen LogP contribution in [0.5, 0.6) is 0 Å². The minimum Gasteiger partial charge on any atom is -0.545 e. The van der Waals surface area contributed by atoms with Crippen LogP contribution in [0.15, 0.2) is 120 Å². The highest BCUT2D eigenvalue weighted by atomic mass is 32.2. The summed E-state index contributed by atoms with van der Waals surface area (Å²) in [6.07, 6.45) is 3.71. The number of H-pyrrole nitrogens is 1. The van der Waals surface area contributed by atoms with Gasteiger partial charge in [-0.1, -0.05) is 19.1 Å². The molecule has 1 aliphatic carbocycles. The number of hydrogen-bond donors (Lipinski definition) is 4. The van der Waals surface area contributed by atoms with Crippen molar-refractivity contribution >= 4 is 77.9 Å². The largest absolute Gasteiger partial charge is 0.545 e. The van der Waals surface area contributed by atoms with E-state index in [2.05, 4.69) is 30.3 Å². The number of carbonyl (C=O) groups excluding carboxylic acids is 4. The monoisotopic (exact) mass is 1020 g/mol. The molecule has 0 bridgehead atoms. The van der Waals surface area contributed by atoms with Gasteiger partial charge in [0.05, 0.1) is 29.0 Å². The van der Waals surface area contributed by atoms with Crippen LogP contribution in [-0.2, 0) is 10.0 Å². The third kappa shape index (κ3) is 10.0. The molecule has 0 fully saturated rings. The first-order chi connectivity index (χ1) is 35.4. The Balaban J connectivity index is 0.848. The Hall–Kier alpha value is -8.84. The Labute approximate surface area is 422 Å². The number of anilines is 2. The van der Waals surface area contributed by atoms with Crippen molar-refractivity contribution in [1.29, 1.82) is 0 Å². The Bertz CT molecular complexity index is 3910. The van der Waals surface area contributed by atoms with Crippen LogP contribution >= 0.6 is 0 Å². The number of carboxylic acid groups (broad SMARTS) is 1. The maximum Gasteiger partial charge on any atom is 0.269 e. The van der Waals surface area contributed by atoms with Crippen LogP contribution in [0.25, 0.3) is 66.5 Å². The van der Waals surface area contributed by atoms with Gasteiger partial charge in [-0.05, 0) is 91.2 Å². The number of carboxylic acids is 1. The van der Waals surface area contributed by atoms with Gasteiger partial charge in [-0.2, -0.15) is 0 Å². The molecule has 0 saturated carbocycles. The number of ketones is 1. The number of hydrogen-bond acceptors (Lipinski definition) is 11. The molecule has 4 heterocycles. The van der Waals surface area contributed by atoms with Crippen molar-refractivity contribution in [2.24, 2.45) is 0 Å². The molecule has 74 heavy (non-hydrogen) atoms. The van der Waals surface area contributed by atoms with E-state index in [-0.39, 0.29) is 47.6 Å². The van der Waals surface area contributed by atoms with Gasteiger partial charge in [0, 0.05) is 118 Å². The molecule has 0 spiro atoms. The number of fused-ring (bicyclic) bond motifs is 5. The van der Waals surface area contributed by atoms with Gasteiger partial charge in [0.25, 0.3) is 11.8 Å². The number of nitrogens with zero attached hydrogens (tertiary/aromatic N) is 4. The molecule has 0 atom stereocenters. The number of carbonyl (C=O) groups is 4. The molecule has 16 nitrogen and oxygen atoms in total. The highest BCUT2D eigenvalue weighted by Crippen LogP contribution is 2.42. The van der Waals surface area contributed by atoms with Gasteiger partial charge in [0.2, 0.25) is 15.4 Å². The maximum absolute atomic E-state index is 15.5. The van der Waals surface area contributed by atoms with Crippen molar-refractivity contribution in [3.63, 3.8) is 0 Å². The van der Waals surface area contributed by atoms with Crippen LogP contribution in [0.4, 0.5) is 20.2 Å². The number of pyridine rings is 2. The third-order valence-electron chi connectivity index (χ3n) is 12.5. The molecule has 4 aromatic carbocycles. The fraction of sp³-hybridized carbons (Fsp3) is 0.182. The fourth-order valence-electron chi connectivity index (χ4n) is 8.71. The lowest BCUT2D eigenvalue weighted by molar-refractivity contribution is -0.254. The van der Waals surface area contributed by atoms with Crippen molar-refractivity contribution in [2.75, 3.05) is 56.7 Å². The van der Waals surface area contributed by atoms with E-state index in [1.165, 1.54) is 24.4 Å². The number of amides is 2. The molecular formula is C55H48F2N8O8S. The van der Waals surface area contributed by atoms with E-state index in [0.29, 0.717) is 72.9 Å². The van der Waals surface area contributed by atoms with Crippen LogP contribution in [0.2, 0.25) is 0 Å². The predicted molar refractivity (Wildman–Crippen MR) is 278 cm³/mol. The van der Waals surface area contributed by atoms with Gasteiger partial charge in [-0.3, -0.25) is 24.1 Å². The first-order valence-corrected chi connectivity index (χ1v) is 25.1. The molecule has 0 unspecified atom stereocenters. The number of aromatic nitrogens is 3. The zero-order valence-electron chi connectivity index (χ0n) is 40.7. The highest BCUT2D eigenvalue weighted by molar-refractivity contribution is 7.92. The maximum atomic E-state index is 15.5. The Morgan fingerprint density at radius 3 is 2.23 bits per heavy atom. The second-order valence-corrected chi connectivity index (χ2v) is 19.9. The summed E-state index contributed by atoms with van der Waals surface area (Å²) in [5.41, 5.74) is 3.98. The average molecular weight is 1020 g/mol. The molecule has 376 valence electrons. The van der Waals surface area contributed by atoms with E-state index in [1.807, 2.05) is 74.1 Å². The second kappa shape index (κ2) is 20.3. The number of halogens is 2. The predicted octanol–water partition coefficient (Wildman–Crippen LogP) is 6.97. The van der Waals surface area contributed by atoms with Crippen LogP contribution < -0.4 is 35.3 Å². The number of rotatable bonds is 16. The first-order valence-electron chi connectivity index (χ1n) is 23.4. The van der Waals surface area contributed by atoms with Gasteiger partial charge in [-0.15, -0.1) is 0 Å². The van der Waals surface area contributed by atoms with Crippen molar-refractivity contribution in [3.05, 3.63) is 160 Å². The van der Waals surface area contributed by atoms with Gasteiger partial charge in [0.1, 0.15) is 42.6 Å². The molecule has 9 rings (SSSR count). The second-order valence-electron chi connectivity index (χ2n) is 18.0. The lowest BCUT2D eigenvalue weighted by Gasteiger charge is -2.20. The molecular weight excluding hydrogens is 971 g/mol. The minimum atomic E-state index is -3.93. The summed E-state index contributed by atoms with van der Waals surface area (Å²) in [7, 11) is 3.72. The standard InChI is InChI=1S/C55H48F2N8O8S/c1-6-22-74(71,72)63-44-19-16-42(56)49(50(44)57)51(66)30-9-17-43-39(23-30)40-25-33(29-61-52(40)62-43)32-10-18-45(60-28-32)54(68)59-21-7-20-58-53(67)31-8-13-36(41(24-31)55(69)70)48-37-14-11-34(64(2)3)26-46(37)73-47-27-35(65(4)5)12-15-38(47)48/h8-19,23-29,63H,6-7,20-22H2,1-5H3,(H3-,58,59,61,62,66,67,68,69,70). The van der Waals surface area contributed by atoms with Crippen molar-refractivity contribution < 1.29 is 45.9 Å². The minimum absolute atomic E-state index is 0.0471. The third-order valence-corrected chi connectivity index (χ3v) is 14.0. The Kier molecular flexibility index (Phi) is 13.8. The lowest BCUT2D eigenvalue weighted by Crippen LogP contribution is -2.30. The quantitative estimate of drug-likeness (QED) is 0.0335. The highest BCUT2D eigenvalue weighted by Gasteiger charge is 2.26. The molecule has 2 amide bonds. The summed E-state index contributed by atoms with van der Waals surface area (Å²) >= 11 is 0. The van der Waals surface area contributed by atoms with Gasteiger partial charge in [0.15, 0.2) is 11.6 Å². The van der Waals surface area contributed by atoms with Crippen molar-refractivity contribution in [2.45, 2.75) is 19.8 Å². The molecule has 3 aromatic heterocycles. The van der Waals surface area contributed by atoms with E-state index in [0.717, 1.165) is 23.2 Å². The van der Waals surface area contributed by atoms with E-state index in [4.69, 9.17) is 4.42 Å². The Morgan fingerprint density at radius 1 is 0.770 bits per heavy atom. The smallest absolute Gasteiger partial charge is 0.269 e. The molecule has 7 aromatic rings. The van der Waals surface area contributed by atoms with Crippen molar-refractivity contribution in [1.82, 2.24) is 30.2 Å². The summed E-state index contributed by atoms with van der Waals surface area (Å²) < 4.78 is 65.6. The SMILES string of the molecule is CCCS(=O)(=O)Nc1ccc(F)c(C(=O)c2ccc3[nH]c4ncc(-c5ccc(C(=O)NCCCNC(=O)c6ccc(-c7c8ccc(=[N+](C)C)cc-8oc8cc(N(C)C)ccc78)c(C(=O)[O-])c6)nc5)cc4c3c2)c1F. The molecule has 0 radical (unpaired) electrons. The first kappa shape index (κ1) is 50.1. The van der Waals surface area contributed by atoms with Crippen LogP contribution in [0.3, 0.4) is 0 Å². The molecule has 2 aliphatic rings. The van der Waals surface area contributed by atoms with E-state index in [1.54, 1.807) is 49.5 Å². The van der Waals surface area contributed by atoms with Crippen LogP contribution in [-0.4, -0.2) is 94.0 Å². The van der Waals surface area contributed by atoms with Crippen molar-refractivity contribution in [3.8, 4) is 33.6 Å². The van der Waals surface area contributed by atoms with Gasteiger partial charge < -0.3 is 34.8 Å². The zero-order chi connectivity index (χ0) is 52.6. The number of nitrogens with one attached hydrogen (secondary N) is 4. The van der Waals surface area contributed by atoms with Gasteiger partial charge >= 0.3 is 0 Å². The summed E-state index contributed by atoms with van der Waals surface area (Å²) in [4.78, 5) is 66.8. The molecule has 19 heteroatoms. The zero-order valence-corrected chi connectivity index (χ0v) is 41.5. The summed E-state index contributed by atoms with van der Waals surface area (Å²) in [6.45, 7) is 1.98. The van der Waals surface area contributed by atoms with E-state index in [9.17, 15) is 32.7 Å². The number of benzene rings is 5. The molecule has 0 saturated heterocycles. The fourth-order valence-corrected chi connectivity index (χ4v) is 9.85.